The van der Waals surface area contributed by atoms with Crippen molar-refractivity contribution in [2.24, 2.45) is 0 Å². The van der Waals surface area contributed by atoms with Crippen molar-refractivity contribution in [1.29, 1.82) is 0 Å². The number of hydrogen-bond acceptors (Lipinski definition) is 3. The van der Waals surface area contributed by atoms with E-state index in [-0.39, 0.29) is 17.5 Å². The molecule has 1 aliphatic heterocycles. The van der Waals surface area contributed by atoms with Gasteiger partial charge in [0.15, 0.2) is 0 Å². The van der Waals surface area contributed by atoms with Crippen molar-refractivity contribution in [3.63, 3.8) is 0 Å². The SMILES string of the molecule is CC(OCc1nc2cc(F)ccc2[nH]1)c1ccc2c(c1)CC(C)(C)O2. The van der Waals surface area contributed by atoms with Crippen LogP contribution in [0.25, 0.3) is 11.0 Å². The molecular formula is C20H21FN2O2. The van der Waals surface area contributed by atoms with Crippen molar-refractivity contribution in [1.82, 2.24) is 9.97 Å². The maximum absolute atomic E-state index is 13.2. The van der Waals surface area contributed by atoms with E-state index in [1.54, 1.807) is 6.07 Å². The number of imidazole rings is 1. The number of benzene rings is 2. The molecule has 1 aliphatic rings. The summed E-state index contributed by atoms with van der Waals surface area (Å²) in [5.74, 6) is 1.36. The van der Waals surface area contributed by atoms with Gasteiger partial charge in [0, 0.05) is 12.5 Å². The molecule has 2 aromatic carbocycles. The Labute approximate surface area is 146 Å². The van der Waals surface area contributed by atoms with E-state index < -0.39 is 0 Å². The predicted octanol–water partition coefficient (Wildman–Crippen LogP) is 4.69. The molecule has 0 fully saturated rings. The fraction of sp³-hybridized carbons (Fsp3) is 0.350. The minimum absolute atomic E-state index is 0.0704. The summed E-state index contributed by atoms with van der Waals surface area (Å²) in [6.45, 7) is 6.55. The van der Waals surface area contributed by atoms with Crippen molar-refractivity contribution in [2.75, 3.05) is 0 Å². The Balaban J connectivity index is 1.46. The molecule has 1 N–H and O–H groups in total. The lowest BCUT2D eigenvalue weighted by atomic mass is 9.99. The zero-order chi connectivity index (χ0) is 17.6. The Hall–Kier alpha value is -2.40. The van der Waals surface area contributed by atoms with Crippen molar-refractivity contribution in [3.05, 3.63) is 59.2 Å². The van der Waals surface area contributed by atoms with E-state index in [1.807, 2.05) is 19.1 Å². The molecular weight excluding hydrogens is 319 g/mol. The molecule has 130 valence electrons. The number of aromatic nitrogens is 2. The van der Waals surface area contributed by atoms with Gasteiger partial charge in [-0.1, -0.05) is 6.07 Å². The lowest BCUT2D eigenvalue weighted by Crippen LogP contribution is -2.24. The summed E-state index contributed by atoms with van der Waals surface area (Å²) in [5.41, 5.74) is 3.61. The van der Waals surface area contributed by atoms with Crippen LogP contribution in [-0.2, 0) is 17.8 Å². The van der Waals surface area contributed by atoms with E-state index in [1.165, 1.54) is 17.7 Å². The van der Waals surface area contributed by atoms with E-state index in [2.05, 4.69) is 29.9 Å². The molecule has 0 aliphatic carbocycles. The van der Waals surface area contributed by atoms with Gasteiger partial charge in [-0.05, 0) is 56.2 Å². The van der Waals surface area contributed by atoms with E-state index >= 15 is 0 Å². The van der Waals surface area contributed by atoms with Crippen LogP contribution in [0.15, 0.2) is 36.4 Å². The van der Waals surface area contributed by atoms with Gasteiger partial charge in [0.05, 0.1) is 17.1 Å². The number of rotatable bonds is 4. The second-order valence-corrected chi connectivity index (χ2v) is 7.20. The van der Waals surface area contributed by atoms with Crippen LogP contribution in [0.4, 0.5) is 4.39 Å². The maximum Gasteiger partial charge on any atom is 0.133 e. The zero-order valence-electron chi connectivity index (χ0n) is 14.6. The third-order valence-corrected chi connectivity index (χ3v) is 4.52. The quantitative estimate of drug-likeness (QED) is 0.749. The molecule has 0 saturated heterocycles. The smallest absolute Gasteiger partial charge is 0.133 e. The van der Waals surface area contributed by atoms with Gasteiger partial charge in [-0.15, -0.1) is 0 Å². The lowest BCUT2D eigenvalue weighted by molar-refractivity contribution is 0.0488. The molecule has 25 heavy (non-hydrogen) atoms. The minimum Gasteiger partial charge on any atom is -0.487 e. The first-order valence-electron chi connectivity index (χ1n) is 8.47. The largest absolute Gasteiger partial charge is 0.487 e. The molecule has 0 bridgehead atoms. The monoisotopic (exact) mass is 340 g/mol. The van der Waals surface area contributed by atoms with Crippen LogP contribution < -0.4 is 4.74 Å². The van der Waals surface area contributed by atoms with E-state index in [0.29, 0.717) is 17.9 Å². The number of halogens is 1. The Kier molecular flexibility index (Phi) is 3.76. The summed E-state index contributed by atoms with van der Waals surface area (Å²) < 4.78 is 25.1. The molecule has 1 aromatic heterocycles. The zero-order valence-corrected chi connectivity index (χ0v) is 14.6. The number of nitrogens with zero attached hydrogens (tertiary/aromatic N) is 1. The van der Waals surface area contributed by atoms with Crippen LogP contribution in [0.1, 0.15) is 43.8 Å². The van der Waals surface area contributed by atoms with Crippen LogP contribution in [-0.4, -0.2) is 15.6 Å². The Morgan fingerprint density at radius 3 is 2.96 bits per heavy atom. The Morgan fingerprint density at radius 1 is 1.28 bits per heavy atom. The maximum atomic E-state index is 13.2. The van der Waals surface area contributed by atoms with Crippen LogP contribution >= 0.6 is 0 Å². The average Bonchev–Trinajstić information content (AvgIpc) is 3.09. The van der Waals surface area contributed by atoms with Crippen molar-refractivity contribution >= 4 is 11.0 Å². The molecule has 2 heterocycles. The highest BCUT2D eigenvalue weighted by atomic mass is 19.1. The summed E-state index contributed by atoms with van der Waals surface area (Å²) in [6, 6.07) is 10.7. The standard InChI is InChI=1S/C20H21FN2O2/c1-12(13-4-7-18-14(8-13)10-20(2,3)25-18)24-11-19-22-16-6-5-15(21)9-17(16)23-19/h4-9,12H,10-11H2,1-3H3,(H,22,23). The highest BCUT2D eigenvalue weighted by molar-refractivity contribution is 5.74. The van der Waals surface area contributed by atoms with Gasteiger partial charge in [-0.3, -0.25) is 0 Å². The summed E-state index contributed by atoms with van der Waals surface area (Å²) in [7, 11) is 0. The highest BCUT2D eigenvalue weighted by Crippen LogP contribution is 2.36. The Morgan fingerprint density at radius 2 is 2.12 bits per heavy atom. The minimum atomic E-state index is -0.289. The first-order valence-corrected chi connectivity index (χ1v) is 8.47. The van der Waals surface area contributed by atoms with Gasteiger partial charge in [0.25, 0.3) is 0 Å². The topological polar surface area (TPSA) is 47.1 Å². The summed E-state index contributed by atoms with van der Waals surface area (Å²) in [4.78, 5) is 7.53. The number of nitrogens with one attached hydrogen (secondary N) is 1. The summed E-state index contributed by atoms with van der Waals surface area (Å²) in [6.07, 6.45) is 0.830. The van der Waals surface area contributed by atoms with E-state index in [0.717, 1.165) is 23.3 Å². The fourth-order valence-corrected chi connectivity index (χ4v) is 3.28. The van der Waals surface area contributed by atoms with Gasteiger partial charge in [0.1, 0.15) is 29.6 Å². The molecule has 3 aromatic rings. The number of hydrogen-bond donors (Lipinski definition) is 1. The summed E-state index contributed by atoms with van der Waals surface area (Å²) >= 11 is 0. The van der Waals surface area contributed by atoms with Crippen molar-refractivity contribution in [3.8, 4) is 5.75 Å². The van der Waals surface area contributed by atoms with Crippen LogP contribution in [0.3, 0.4) is 0 Å². The molecule has 0 amide bonds. The van der Waals surface area contributed by atoms with Crippen LogP contribution in [0.5, 0.6) is 5.75 Å². The molecule has 5 heteroatoms. The van der Waals surface area contributed by atoms with E-state index in [9.17, 15) is 4.39 Å². The second kappa shape index (κ2) is 5.85. The van der Waals surface area contributed by atoms with Gasteiger partial charge in [-0.2, -0.15) is 0 Å². The third-order valence-electron chi connectivity index (χ3n) is 4.52. The molecule has 0 saturated carbocycles. The summed E-state index contributed by atoms with van der Waals surface area (Å²) in [5, 5.41) is 0. The third kappa shape index (κ3) is 3.24. The molecule has 4 nitrogen and oxygen atoms in total. The fourth-order valence-electron chi connectivity index (χ4n) is 3.28. The molecule has 0 radical (unpaired) electrons. The molecule has 4 rings (SSSR count). The van der Waals surface area contributed by atoms with Gasteiger partial charge < -0.3 is 14.5 Å². The van der Waals surface area contributed by atoms with Crippen molar-refractivity contribution in [2.45, 2.75) is 45.5 Å². The normalized spacial score (nSPS) is 16.6. The number of H-pyrrole nitrogens is 1. The average molecular weight is 340 g/mol. The first kappa shape index (κ1) is 16.1. The van der Waals surface area contributed by atoms with Gasteiger partial charge in [0.2, 0.25) is 0 Å². The molecule has 1 unspecified atom stereocenters. The van der Waals surface area contributed by atoms with Gasteiger partial charge in [-0.25, -0.2) is 9.37 Å². The molecule has 0 spiro atoms. The number of aromatic amines is 1. The van der Waals surface area contributed by atoms with Crippen LogP contribution in [0, 0.1) is 5.82 Å². The van der Waals surface area contributed by atoms with E-state index in [4.69, 9.17) is 9.47 Å². The molecule has 1 atom stereocenters. The predicted molar refractivity (Wildman–Crippen MR) is 94.1 cm³/mol. The Bertz CT molecular complexity index is 933. The van der Waals surface area contributed by atoms with Gasteiger partial charge >= 0.3 is 0 Å². The first-order chi connectivity index (χ1) is 11.9. The van der Waals surface area contributed by atoms with Crippen LogP contribution in [0.2, 0.25) is 0 Å². The number of ether oxygens (including phenoxy) is 2. The highest BCUT2D eigenvalue weighted by Gasteiger charge is 2.30. The van der Waals surface area contributed by atoms with Crippen molar-refractivity contribution < 1.29 is 13.9 Å². The second-order valence-electron chi connectivity index (χ2n) is 7.20. The lowest BCUT2D eigenvalue weighted by Gasteiger charge is -2.16. The number of fused-ring (bicyclic) bond motifs is 2.